The summed E-state index contributed by atoms with van der Waals surface area (Å²) in [5, 5.41) is 9.43. The highest BCUT2D eigenvalue weighted by Gasteiger charge is 2.45. The first-order valence-corrected chi connectivity index (χ1v) is 7.30. The predicted molar refractivity (Wildman–Crippen MR) is 75.3 cm³/mol. The van der Waals surface area contributed by atoms with Crippen LogP contribution in [0.15, 0.2) is 24.3 Å². The summed E-state index contributed by atoms with van der Waals surface area (Å²) in [7, 11) is 1.60. The van der Waals surface area contributed by atoms with E-state index >= 15 is 0 Å². The molecule has 0 aromatic heterocycles. The van der Waals surface area contributed by atoms with Gasteiger partial charge in [0.25, 0.3) is 0 Å². The lowest BCUT2D eigenvalue weighted by atomic mass is 9.79. The minimum atomic E-state index is -0.644. The monoisotopic (exact) mass is 269 g/mol. The van der Waals surface area contributed by atoms with Gasteiger partial charge in [-0.05, 0) is 48.8 Å². The van der Waals surface area contributed by atoms with E-state index < -0.39 is 5.92 Å². The molecular weight excluding hydrogens is 250 g/mol. The zero-order valence-electron chi connectivity index (χ0n) is 11.7. The number of carbonyl (C=O) groups excluding carboxylic acids is 1. The van der Waals surface area contributed by atoms with E-state index in [-0.39, 0.29) is 11.7 Å². The number of ether oxygens (including phenoxy) is 1. The van der Waals surface area contributed by atoms with Crippen LogP contribution in [0.3, 0.4) is 0 Å². The van der Waals surface area contributed by atoms with Crippen molar-refractivity contribution in [2.24, 2.45) is 17.8 Å². The number of methoxy groups -OCH3 is 1. The molecule has 3 heteroatoms. The van der Waals surface area contributed by atoms with Crippen molar-refractivity contribution < 1.29 is 9.53 Å². The Bertz CT molecular complexity index is 560. The lowest BCUT2D eigenvalue weighted by molar-refractivity contribution is -0.124. The maximum Gasteiger partial charge on any atom is 0.157 e. The second-order valence-corrected chi connectivity index (χ2v) is 6.02. The first kappa shape index (κ1) is 13.2. The molecule has 0 amide bonds. The zero-order valence-corrected chi connectivity index (χ0v) is 11.7. The lowest BCUT2D eigenvalue weighted by Gasteiger charge is -2.22. The second kappa shape index (κ2) is 5.28. The highest BCUT2D eigenvalue weighted by atomic mass is 16.5. The fourth-order valence-electron chi connectivity index (χ4n) is 3.93. The molecule has 2 aliphatic rings. The van der Waals surface area contributed by atoms with Crippen LogP contribution >= 0.6 is 0 Å². The summed E-state index contributed by atoms with van der Waals surface area (Å²) in [6.45, 7) is 0. The van der Waals surface area contributed by atoms with Crippen molar-refractivity contribution in [2.45, 2.75) is 31.6 Å². The normalized spacial score (nSPS) is 28.9. The summed E-state index contributed by atoms with van der Waals surface area (Å²) in [6.07, 6.45) is 4.61. The number of ketones is 1. The third kappa shape index (κ3) is 2.20. The fourth-order valence-corrected chi connectivity index (χ4v) is 3.93. The van der Waals surface area contributed by atoms with Crippen molar-refractivity contribution in [3.8, 4) is 11.8 Å². The Morgan fingerprint density at radius 2 is 2.25 bits per heavy atom. The number of nitrogens with zero attached hydrogens (tertiary/aromatic N) is 1. The number of hydrogen-bond donors (Lipinski definition) is 0. The Balaban J connectivity index is 1.82. The minimum absolute atomic E-state index is 0.101. The van der Waals surface area contributed by atoms with Crippen molar-refractivity contribution >= 4 is 5.78 Å². The van der Waals surface area contributed by atoms with Gasteiger partial charge in [0.05, 0.1) is 13.2 Å². The summed E-state index contributed by atoms with van der Waals surface area (Å²) in [5.74, 6) is 1.52. The summed E-state index contributed by atoms with van der Waals surface area (Å²) >= 11 is 0. The quantitative estimate of drug-likeness (QED) is 0.842. The van der Waals surface area contributed by atoms with E-state index in [1.807, 2.05) is 18.2 Å². The van der Waals surface area contributed by atoms with E-state index in [0.717, 1.165) is 24.3 Å². The van der Waals surface area contributed by atoms with Gasteiger partial charge in [-0.25, -0.2) is 0 Å². The lowest BCUT2D eigenvalue weighted by Crippen LogP contribution is -2.26. The number of rotatable bonds is 4. The van der Waals surface area contributed by atoms with Gasteiger partial charge in [0.1, 0.15) is 11.7 Å². The van der Waals surface area contributed by atoms with E-state index in [1.165, 1.54) is 12.8 Å². The molecule has 2 bridgehead atoms. The van der Waals surface area contributed by atoms with Gasteiger partial charge in [0.2, 0.25) is 0 Å². The standard InChI is InChI=1S/C17H19NO2/c1-20-14-4-2-3-12(9-14)16(10-18)17(19)15-8-11-5-6-13(15)7-11/h2-4,9,11,13,15-16H,5-8H2,1H3. The van der Waals surface area contributed by atoms with Crippen LogP contribution in [0, 0.1) is 29.1 Å². The molecule has 0 saturated heterocycles. The van der Waals surface area contributed by atoms with Gasteiger partial charge in [-0.1, -0.05) is 18.6 Å². The zero-order chi connectivity index (χ0) is 14.1. The van der Waals surface area contributed by atoms with E-state index in [4.69, 9.17) is 4.74 Å². The molecule has 3 nitrogen and oxygen atoms in total. The molecular formula is C17H19NO2. The minimum Gasteiger partial charge on any atom is -0.497 e. The highest BCUT2D eigenvalue weighted by molar-refractivity contribution is 5.91. The van der Waals surface area contributed by atoms with Crippen molar-refractivity contribution in [3.63, 3.8) is 0 Å². The molecule has 2 fully saturated rings. The topological polar surface area (TPSA) is 50.1 Å². The van der Waals surface area contributed by atoms with Crippen LogP contribution in [-0.4, -0.2) is 12.9 Å². The van der Waals surface area contributed by atoms with Crippen LogP contribution in [-0.2, 0) is 4.79 Å². The predicted octanol–water partition coefficient (Wildman–Crippen LogP) is 3.31. The smallest absolute Gasteiger partial charge is 0.157 e. The Morgan fingerprint density at radius 1 is 1.40 bits per heavy atom. The van der Waals surface area contributed by atoms with Crippen LogP contribution < -0.4 is 4.74 Å². The number of carbonyl (C=O) groups is 1. The Labute approximate surface area is 119 Å². The molecule has 1 aromatic carbocycles. The Morgan fingerprint density at radius 3 is 2.85 bits per heavy atom. The molecule has 0 spiro atoms. The van der Waals surface area contributed by atoms with E-state index in [1.54, 1.807) is 13.2 Å². The summed E-state index contributed by atoms with van der Waals surface area (Å²) in [6, 6.07) is 9.53. The van der Waals surface area contributed by atoms with Crippen LogP contribution in [0.25, 0.3) is 0 Å². The third-order valence-electron chi connectivity index (χ3n) is 4.94. The Kier molecular flexibility index (Phi) is 3.48. The largest absolute Gasteiger partial charge is 0.497 e. The van der Waals surface area contributed by atoms with Crippen molar-refractivity contribution in [1.82, 2.24) is 0 Å². The van der Waals surface area contributed by atoms with E-state index in [2.05, 4.69) is 6.07 Å². The number of hydrogen-bond acceptors (Lipinski definition) is 3. The van der Waals surface area contributed by atoms with Crippen LogP contribution in [0.5, 0.6) is 5.75 Å². The molecule has 0 aliphatic heterocycles. The summed E-state index contributed by atoms with van der Waals surface area (Å²) < 4.78 is 5.18. The molecule has 0 N–H and O–H groups in total. The van der Waals surface area contributed by atoms with Gasteiger partial charge in [0, 0.05) is 5.92 Å². The molecule has 2 aliphatic carbocycles. The first-order valence-electron chi connectivity index (χ1n) is 7.30. The molecule has 3 rings (SSSR count). The van der Waals surface area contributed by atoms with Gasteiger partial charge in [-0.3, -0.25) is 4.79 Å². The maximum absolute atomic E-state index is 12.7. The van der Waals surface area contributed by atoms with Crippen LogP contribution in [0.1, 0.15) is 37.2 Å². The third-order valence-corrected chi connectivity index (χ3v) is 4.94. The SMILES string of the molecule is COc1cccc(C(C#N)C(=O)C2CC3CCC2C3)c1. The van der Waals surface area contributed by atoms with Gasteiger partial charge in [-0.15, -0.1) is 0 Å². The van der Waals surface area contributed by atoms with Crippen molar-refractivity contribution in [3.05, 3.63) is 29.8 Å². The average molecular weight is 269 g/mol. The van der Waals surface area contributed by atoms with E-state index in [9.17, 15) is 10.1 Å². The molecule has 0 heterocycles. The van der Waals surface area contributed by atoms with Gasteiger partial charge < -0.3 is 4.74 Å². The van der Waals surface area contributed by atoms with Crippen LogP contribution in [0.4, 0.5) is 0 Å². The Hall–Kier alpha value is -1.82. The number of nitriles is 1. The molecule has 20 heavy (non-hydrogen) atoms. The number of fused-ring (bicyclic) bond motifs is 2. The van der Waals surface area contributed by atoms with Crippen molar-refractivity contribution in [1.29, 1.82) is 5.26 Å². The van der Waals surface area contributed by atoms with E-state index in [0.29, 0.717) is 11.7 Å². The average Bonchev–Trinajstić information content (AvgIpc) is 3.11. The van der Waals surface area contributed by atoms with Gasteiger partial charge >= 0.3 is 0 Å². The fraction of sp³-hybridized carbons (Fsp3) is 0.529. The highest BCUT2D eigenvalue weighted by Crippen LogP contribution is 2.49. The number of benzene rings is 1. The summed E-state index contributed by atoms with van der Waals surface area (Å²) in [5.41, 5.74) is 0.764. The molecule has 4 atom stereocenters. The van der Waals surface area contributed by atoms with Gasteiger partial charge in [0.15, 0.2) is 5.78 Å². The van der Waals surface area contributed by atoms with Crippen molar-refractivity contribution in [2.75, 3.05) is 7.11 Å². The maximum atomic E-state index is 12.7. The number of Topliss-reactive ketones (excluding diaryl/α,β-unsaturated/α-hetero) is 1. The second-order valence-electron chi connectivity index (χ2n) is 6.02. The molecule has 0 radical (unpaired) electrons. The molecule has 1 aromatic rings. The molecule has 4 unspecified atom stereocenters. The summed E-state index contributed by atoms with van der Waals surface area (Å²) in [4.78, 5) is 12.7. The first-order chi connectivity index (χ1) is 9.72. The van der Waals surface area contributed by atoms with Crippen LogP contribution in [0.2, 0.25) is 0 Å². The molecule has 2 saturated carbocycles. The molecule has 104 valence electrons. The van der Waals surface area contributed by atoms with Gasteiger partial charge in [-0.2, -0.15) is 5.26 Å².